The van der Waals surface area contributed by atoms with Gasteiger partial charge in [-0.05, 0) is 61.8 Å². The smallest absolute Gasteiger partial charge is 0.349 e. The molecule has 2 atom stereocenters. The van der Waals surface area contributed by atoms with Crippen LogP contribution in [-0.4, -0.2) is 18.0 Å². The number of fused-ring (bicyclic) bond motifs is 1. The Morgan fingerprint density at radius 3 is 2.73 bits per heavy atom. The lowest BCUT2D eigenvalue weighted by Gasteiger charge is -2.18. The van der Waals surface area contributed by atoms with Gasteiger partial charge in [0, 0.05) is 10.6 Å². The van der Waals surface area contributed by atoms with E-state index in [1.807, 2.05) is 30.3 Å². The zero-order valence-electron chi connectivity index (χ0n) is 15.5. The molecule has 0 saturated heterocycles. The van der Waals surface area contributed by atoms with Crippen molar-refractivity contribution in [3.8, 4) is 0 Å². The first-order valence-electron chi connectivity index (χ1n) is 9.22. The van der Waals surface area contributed by atoms with E-state index in [1.165, 1.54) is 21.8 Å². The van der Waals surface area contributed by atoms with Gasteiger partial charge in [0.25, 0.3) is 5.91 Å². The Morgan fingerprint density at radius 1 is 1.23 bits per heavy atom. The van der Waals surface area contributed by atoms with Crippen LogP contribution in [0.5, 0.6) is 0 Å². The Morgan fingerprint density at radius 2 is 2.00 bits per heavy atom. The van der Waals surface area contributed by atoms with Crippen LogP contribution in [0, 0.1) is 0 Å². The number of carbonyl (C=O) groups is 2. The zero-order chi connectivity index (χ0) is 18.7. The summed E-state index contributed by atoms with van der Waals surface area (Å²) in [6.07, 6.45) is 3.37. The molecule has 0 unspecified atom stereocenters. The molecule has 26 heavy (non-hydrogen) atoms. The summed E-state index contributed by atoms with van der Waals surface area (Å²) in [4.78, 5) is 26.7. The van der Waals surface area contributed by atoms with Crippen molar-refractivity contribution in [2.24, 2.45) is 0 Å². The molecular weight excluding hydrogens is 346 g/mol. The summed E-state index contributed by atoms with van der Waals surface area (Å²) in [7, 11) is 0. The first-order valence-corrected chi connectivity index (χ1v) is 10.0. The third kappa shape index (κ3) is 3.98. The van der Waals surface area contributed by atoms with Crippen molar-refractivity contribution in [2.45, 2.75) is 58.5 Å². The number of aryl methyl sites for hydroxylation is 2. The molecule has 0 saturated carbocycles. The summed E-state index contributed by atoms with van der Waals surface area (Å²) in [5.41, 5.74) is 3.13. The zero-order valence-corrected chi connectivity index (χ0v) is 16.3. The molecule has 1 aliphatic rings. The van der Waals surface area contributed by atoms with Gasteiger partial charge in [-0.15, -0.1) is 11.3 Å². The molecule has 138 valence electrons. The van der Waals surface area contributed by atoms with Gasteiger partial charge in [-0.2, -0.15) is 0 Å². The van der Waals surface area contributed by atoms with Crippen molar-refractivity contribution >= 4 is 28.9 Å². The van der Waals surface area contributed by atoms with Crippen molar-refractivity contribution < 1.29 is 14.3 Å². The number of benzene rings is 1. The quantitative estimate of drug-likeness (QED) is 0.732. The second-order valence-electron chi connectivity index (χ2n) is 6.85. The molecule has 1 amide bonds. The van der Waals surface area contributed by atoms with Crippen molar-refractivity contribution in [3.05, 3.63) is 51.2 Å². The number of amides is 1. The average Bonchev–Trinajstić information content (AvgIpc) is 3.23. The molecule has 5 heteroatoms. The fraction of sp³-hybridized carbons (Fsp3) is 0.429. The van der Waals surface area contributed by atoms with E-state index in [0.717, 1.165) is 36.9 Å². The molecule has 0 radical (unpaired) electrons. The molecule has 4 nitrogen and oxygen atoms in total. The van der Waals surface area contributed by atoms with Gasteiger partial charge in [-0.25, -0.2) is 4.79 Å². The maximum Gasteiger partial charge on any atom is 0.349 e. The predicted molar refractivity (Wildman–Crippen MR) is 105 cm³/mol. The molecule has 0 bridgehead atoms. The first-order chi connectivity index (χ1) is 12.5. The van der Waals surface area contributed by atoms with E-state index in [4.69, 9.17) is 4.74 Å². The van der Waals surface area contributed by atoms with Crippen LogP contribution in [0.1, 0.15) is 65.2 Å². The minimum absolute atomic E-state index is 0.307. The normalized spacial score (nSPS) is 15.2. The number of anilines is 1. The third-order valence-electron chi connectivity index (χ3n) is 4.96. The summed E-state index contributed by atoms with van der Waals surface area (Å²) >= 11 is 1.49. The van der Waals surface area contributed by atoms with Crippen molar-refractivity contribution in [1.29, 1.82) is 0 Å². The van der Waals surface area contributed by atoms with Crippen LogP contribution in [0.15, 0.2) is 30.3 Å². The van der Waals surface area contributed by atoms with Gasteiger partial charge in [0.05, 0.1) is 0 Å². The van der Waals surface area contributed by atoms with Crippen LogP contribution < -0.4 is 5.32 Å². The summed E-state index contributed by atoms with van der Waals surface area (Å²) in [5, 5.41) is 2.91. The van der Waals surface area contributed by atoms with E-state index < -0.39 is 12.1 Å². The lowest BCUT2D eigenvalue weighted by molar-refractivity contribution is -0.123. The molecule has 1 aromatic heterocycles. The highest BCUT2D eigenvalue weighted by atomic mass is 32.1. The third-order valence-corrected chi connectivity index (χ3v) is 6.18. The minimum atomic E-state index is -0.843. The fourth-order valence-corrected chi connectivity index (χ4v) is 4.33. The lowest BCUT2D eigenvalue weighted by atomic mass is 9.97. The van der Waals surface area contributed by atoms with Crippen molar-refractivity contribution in [3.63, 3.8) is 0 Å². The highest BCUT2D eigenvalue weighted by molar-refractivity contribution is 7.14. The average molecular weight is 372 g/mol. The van der Waals surface area contributed by atoms with Gasteiger partial charge >= 0.3 is 5.97 Å². The monoisotopic (exact) mass is 371 g/mol. The molecule has 0 fully saturated rings. The van der Waals surface area contributed by atoms with Gasteiger partial charge in [0.15, 0.2) is 6.10 Å². The Hall–Kier alpha value is -2.14. The van der Waals surface area contributed by atoms with Crippen LogP contribution in [-0.2, 0) is 22.4 Å². The Labute approximate surface area is 158 Å². The van der Waals surface area contributed by atoms with E-state index in [9.17, 15) is 9.59 Å². The van der Waals surface area contributed by atoms with E-state index in [-0.39, 0.29) is 5.91 Å². The van der Waals surface area contributed by atoms with Gasteiger partial charge in [0.2, 0.25) is 0 Å². The Bertz CT molecular complexity index is 790. The maximum atomic E-state index is 12.5. The number of nitrogens with one attached hydrogen (secondary N) is 1. The lowest BCUT2D eigenvalue weighted by Crippen LogP contribution is -2.30. The van der Waals surface area contributed by atoms with Crippen LogP contribution in [0.4, 0.5) is 5.69 Å². The largest absolute Gasteiger partial charge is 0.448 e. The van der Waals surface area contributed by atoms with Gasteiger partial charge in [-0.1, -0.05) is 32.0 Å². The van der Waals surface area contributed by atoms with Crippen LogP contribution in [0.25, 0.3) is 0 Å². The van der Waals surface area contributed by atoms with Crippen molar-refractivity contribution in [2.75, 3.05) is 5.32 Å². The van der Waals surface area contributed by atoms with E-state index in [1.54, 1.807) is 6.92 Å². The number of hydrogen-bond acceptors (Lipinski definition) is 4. The number of carbonyl (C=O) groups excluding carboxylic acids is 2. The first kappa shape index (κ1) is 18.6. The van der Waals surface area contributed by atoms with Gasteiger partial charge in [-0.3, -0.25) is 4.79 Å². The molecule has 1 aromatic carbocycles. The number of esters is 1. The van der Waals surface area contributed by atoms with E-state index >= 15 is 0 Å². The second kappa shape index (κ2) is 8.04. The van der Waals surface area contributed by atoms with E-state index in [0.29, 0.717) is 10.8 Å². The molecule has 0 aliphatic heterocycles. The predicted octanol–water partition coefficient (Wildman–Crippen LogP) is 4.93. The summed E-state index contributed by atoms with van der Waals surface area (Å²) < 4.78 is 5.39. The minimum Gasteiger partial charge on any atom is -0.448 e. The molecule has 0 spiro atoms. The fourth-order valence-electron chi connectivity index (χ4n) is 3.20. The number of hydrogen-bond donors (Lipinski definition) is 1. The maximum absolute atomic E-state index is 12.5. The number of rotatable bonds is 6. The molecule has 3 rings (SSSR count). The number of para-hydroxylation sites is 1. The van der Waals surface area contributed by atoms with Crippen LogP contribution >= 0.6 is 11.3 Å². The summed E-state index contributed by atoms with van der Waals surface area (Å²) in [6.45, 7) is 5.86. The highest BCUT2D eigenvalue weighted by Gasteiger charge is 2.24. The molecule has 1 aliphatic carbocycles. The Balaban J connectivity index is 1.64. The SMILES string of the molecule is CC[C@H](C)c1ccccc1NC(=O)[C@H](C)OC(=O)c1cc2c(s1)CCC2. The number of ether oxygens (including phenoxy) is 1. The Kier molecular flexibility index (Phi) is 5.77. The van der Waals surface area contributed by atoms with Crippen LogP contribution in [0.3, 0.4) is 0 Å². The van der Waals surface area contributed by atoms with E-state index in [2.05, 4.69) is 19.2 Å². The second-order valence-corrected chi connectivity index (χ2v) is 7.98. The summed E-state index contributed by atoms with van der Waals surface area (Å²) in [6, 6.07) is 9.69. The molecule has 1 heterocycles. The molecular formula is C21H25NO3S. The topological polar surface area (TPSA) is 55.4 Å². The molecule has 1 N–H and O–H groups in total. The number of thiophene rings is 1. The van der Waals surface area contributed by atoms with Crippen LogP contribution in [0.2, 0.25) is 0 Å². The summed E-state index contributed by atoms with van der Waals surface area (Å²) in [5.74, 6) is -0.377. The highest BCUT2D eigenvalue weighted by Crippen LogP contribution is 2.31. The van der Waals surface area contributed by atoms with Crippen molar-refractivity contribution in [1.82, 2.24) is 0 Å². The van der Waals surface area contributed by atoms with Gasteiger partial charge < -0.3 is 10.1 Å². The molecule has 2 aromatic rings. The standard InChI is InChI=1S/C21H25NO3S/c1-4-13(2)16-9-5-6-10-17(16)22-20(23)14(3)25-21(24)19-12-15-8-7-11-18(15)26-19/h5-6,9-10,12-14H,4,7-8,11H2,1-3H3,(H,22,23)/t13-,14-/m0/s1. The van der Waals surface area contributed by atoms with Gasteiger partial charge in [0.1, 0.15) is 4.88 Å².